The summed E-state index contributed by atoms with van der Waals surface area (Å²) in [6.45, 7) is 5.19. The van der Waals surface area contributed by atoms with E-state index in [0.29, 0.717) is 13.0 Å². The molecule has 0 aromatic rings. The van der Waals surface area contributed by atoms with Crippen molar-refractivity contribution in [2.75, 3.05) is 6.61 Å². The number of hydrogen-bond donors (Lipinski definition) is 0. The summed E-state index contributed by atoms with van der Waals surface area (Å²) in [5, 5.41) is 0. The second-order valence-corrected chi connectivity index (χ2v) is 3.70. The number of alkyl halides is 1. The number of carbonyl (C=O) groups is 2. The fourth-order valence-corrected chi connectivity index (χ4v) is 1.55. The fraction of sp³-hybridized carbons (Fsp3) is 0.778. The number of hydrogen-bond acceptors (Lipinski definition) is 4. The molecule has 0 aliphatic rings. The van der Waals surface area contributed by atoms with Crippen molar-refractivity contribution in [1.82, 2.24) is 0 Å². The smallest absolute Gasteiger partial charge is 0.323 e. The van der Waals surface area contributed by atoms with Crippen LogP contribution in [-0.2, 0) is 19.1 Å². The minimum Gasteiger partial charge on any atom is -0.465 e. The van der Waals surface area contributed by atoms with Crippen LogP contribution in [0.15, 0.2) is 0 Å². The van der Waals surface area contributed by atoms with Crippen LogP contribution in [0.5, 0.6) is 0 Å². The Kier molecular flexibility index (Phi) is 6.53. The van der Waals surface area contributed by atoms with E-state index in [1.807, 2.05) is 6.92 Å². The SMILES string of the molecule is CCOC(=O)C(Br)C(CC)OC(C)=O. The average molecular weight is 267 g/mol. The number of esters is 2. The maximum absolute atomic E-state index is 11.3. The highest BCUT2D eigenvalue weighted by atomic mass is 79.9. The van der Waals surface area contributed by atoms with Gasteiger partial charge < -0.3 is 9.47 Å². The molecule has 0 saturated heterocycles. The molecule has 14 heavy (non-hydrogen) atoms. The van der Waals surface area contributed by atoms with E-state index in [9.17, 15) is 9.59 Å². The molecular formula is C9H15BrO4. The lowest BCUT2D eigenvalue weighted by Crippen LogP contribution is -2.33. The van der Waals surface area contributed by atoms with Gasteiger partial charge in [-0.05, 0) is 13.3 Å². The first kappa shape index (κ1) is 13.4. The molecule has 0 heterocycles. The summed E-state index contributed by atoms with van der Waals surface area (Å²) in [6.07, 6.45) is 0.0976. The Bertz CT molecular complexity index is 205. The second kappa shape index (κ2) is 6.81. The molecule has 0 rings (SSSR count). The van der Waals surface area contributed by atoms with E-state index in [2.05, 4.69) is 15.9 Å². The summed E-state index contributed by atoms with van der Waals surface area (Å²) in [4.78, 5) is 21.4. The second-order valence-electron chi connectivity index (χ2n) is 2.71. The van der Waals surface area contributed by atoms with Gasteiger partial charge in [-0.2, -0.15) is 0 Å². The van der Waals surface area contributed by atoms with E-state index >= 15 is 0 Å². The Morgan fingerprint density at radius 3 is 2.29 bits per heavy atom. The summed E-state index contributed by atoms with van der Waals surface area (Å²) in [5.74, 6) is -0.800. The van der Waals surface area contributed by atoms with Gasteiger partial charge in [0.15, 0.2) is 0 Å². The minimum atomic E-state index is -0.587. The lowest BCUT2D eigenvalue weighted by atomic mass is 10.2. The Morgan fingerprint density at radius 2 is 1.93 bits per heavy atom. The highest BCUT2D eigenvalue weighted by Crippen LogP contribution is 2.15. The van der Waals surface area contributed by atoms with Crippen LogP contribution in [-0.4, -0.2) is 29.5 Å². The predicted octanol–water partition coefficient (Wildman–Crippen LogP) is 1.65. The quantitative estimate of drug-likeness (QED) is 0.561. The van der Waals surface area contributed by atoms with E-state index in [4.69, 9.17) is 9.47 Å². The van der Waals surface area contributed by atoms with Crippen molar-refractivity contribution in [3.05, 3.63) is 0 Å². The zero-order valence-electron chi connectivity index (χ0n) is 8.58. The zero-order chi connectivity index (χ0) is 11.1. The van der Waals surface area contributed by atoms with Crippen molar-refractivity contribution in [3.63, 3.8) is 0 Å². The van der Waals surface area contributed by atoms with E-state index in [-0.39, 0.29) is 0 Å². The van der Waals surface area contributed by atoms with Gasteiger partial charge in [-0.15, -0.1) is 0 Å². The molecule has 0 spiro atoms. The average Bonchev–Trinajstić information content (AvgIpc) is 2.13. The van der Waals surface area contributed by atoms with Gasteiger partial charge >= 0.3 is 11.9 Å². The molecule has 0 aliphatic carbocycles. The molecule has 82 valence electrons. The summed E-state index contributed by atoms with van der Waals surface area (Å²) in [6, 6.07) is 0. The van der Waals surface area contributed by atoms with Crippen LogP contribution in [0.2, 0.25) is 0 Å². The highest BCUT2D eigenvalue weighted by Gasteiger charge is 2.27. The van der Waals surface area contributed by atoms with Gasteiger partial charge in [0, 0.05) is 6.92 Å². The number of carbonyl (C=O) groups excluding carboxylic acids is 2. The van der Waals surface area contributed by atoms with Crippen LogP contribution in [0.25, 0.3) is 0 Å². The Hall–Kier alpha value is -0.580. The van der Waals surface area contributed by atoms with Crippen molar-refractivity contribution in [2.45, 2.75) is 38.1 Å². The molecule has 0 fully saturated rings. The van der Waals surface area contributed by atoms with Crippen molar-refractivity contribution in [2.24, 2.45) is 0 Å². The molecule has 5 heteroatoms. The van der Waals surface area contributed by atoms with E-state index in [1.54, 1.807) is 6.92 Å². The van der Waals surface area contributed by atoms with Crippen LogP contribution in [0.3, 0.4) is 0 Å². The molecule has 0 aromatic heterocycles. The van der Waals surface area contributed by atoms with Crippen molar-refractivity contribution >= 4 is 27.9 Å². The first-order chi connectivity index (χ1) is 6.52. The fourth-order valence-electron chi connectivity index (χ4n) is 0.937. The molecule has 0 aromatic carbocycles. The lowest BCUT2D eigenvalue weighted by molar-refractivity contribution is -0.152. The topological polar surface area (TPSA) is 52.6 Å². The van der Waals surface area contributed by atoms with Gasteiger partial charge in [0.1, 0.15) is 10.9 Å². The molecule has 4 nitrogen and oxygen atoms in total. The van der Waals surface area contributed by atoms with Crippen LogP contribution < -0.4 is 0 Å². The maximum Gasteiger partial charge on any atom is 0.323 e. The third-order valence-corrected chi connectivity index (χ3v) is 2.52. The van der Waals surface area contributed by atoms with Crippen molar-refractivity contribution < 1.29 is 19.1 Å². The molecule has 0 bridgehead atoms. The molecule has 2 unspecified atom stereocenters. The largest absolute Gasteiger partial charge is 0.465 e. The van der Waals surface area contributed by atoms with Gasteiger partial charge in [-0.3, -0.25) is 9.59 Å². The number of ether oxygens (including phenoxy) is 2. The first-order valence-electron chi connectivity index (χ1n) is 4.50. The van der Waals surface area contributed by atoms with Crippen LogP contribution in [0.4, 0.5) is 0 Å². The minimum absolute atomic E-state index is 0.317. The van der Waals surface area contributed by atoms with Crippen LogP contribution in [0, 0.1) is 0 Å². The maximum atomic E-state index is 11.3. The summed E-state index contributed by atoms with van der Waals surface area (Å²) in [7, 11) is 0. The molecule has 0 saturated carbocycles. The monoisotopic (exact) mass is 266 g/mol. The van der Waals surface area contributed by atoms with E-state index < -0.39 is 22.9 Å². The van der Waals surface area contributed by atoms with E-state index in [1.165, 1.54) is 6.92 Å². The Balaban J connectivity index is 4.22. The molecule has 0 radical (unpaired) electrons. The Morgan fingerprint density at radius 1 is 1.36 bits per heavy atom. The number of halogens is 1. The summed E-state index contributed by atoms with van der Waals surface area (Å²) >= 11 is 3.15. The van der Waals surface area contributed by atoms with Gasteiger partial charge in [0.25, 0.3) is 0 Å². The van der Waals surface area contributed by atoms with Gasteiger partial charge in [-0.25, -0.2) is 0 Å². The van der Waals surface area contributed by atoms with Gasteiger partial charge in [-0.1, -0.05) is 22.9 Å². The Labute approximate surface area is 92.1 Å². The molecular weight excluding hydrogens is 252 g/mol. The van der Waals surface area contributed by atoms with Crippen LogP contribution >= 0.6 is 15.9 Å². The molecule has 0 N–H and O–H groups in total. The first-order valence-corrected chi connectivity index (χ1v) is 5.42. The standard InChI is InChI=1S/C9H15BrO4/c1-4-7(14-6(3)11)8(10)9(12)13-5-2/h7-8H,4-5H2,1-3H3. The summed E-state index contributed by atoms with van der Waals surface area (Å²) in [5.41, 5.74) is 0. The third kappa shape index (κ3) is 4.60. The zero-order valence-corrected chi connectivity index (χ0v) is 10.2. The molecule has 0 amide bonds. The van der Waals surface area contributed by atoms with Crippen molar-refractivity contribution in [3.8, 4) is 0 Å². The molecule has 2 atom stereocenters. The lowest BCUT2D eigenvalue weighted by Gasteiger charge is -2.19. The normalized spacial score (nSPS) is 14.3. The van der Waals surface area contributed by atoms with Crippen molar-refractivity contribution in [1.29, 1.82) is 0 Å². The highest BCUT2D eigenvalue weighted by molar-refractivity contribution is 9.10. The third-order valence-electron chi connectivity index (χ3n) is 1.56. The number of rotatable bonds is 5. The van der Waals surface area contributed by atoms with Gasteiger partial charge in [0.2, 0.25) is 0 Å². The summed E-state index contributed by atoms with van der Waals surface area (Å²) < 4.78 is 9.73. The molecule has 0 aliphatic heterocycles. The van der Waals surface area contributed by atoms with E-state index in [0.717, 1.165) is 0 Å². The predicted molar refractivity (Wildman–Crippen MR) is 55.2 cm³/mol. The van der Waals surface area contributed by atoms with Gasteiger partial charge in [0.05, 0.1) is 6.61 Å². The van der Waals surface area contributed by atoms with Crippen LogP contribution in [0.1, 0.15) is 27.2 Å².